The van der Waals surface area contributed by atoms with Gasteiger partial charge in [0, 0.05) is 12.8 Å². The first kappa shape index (κ1) is 74.2. The highest BCUT2D eigenvalue weighted by Crippen LogP contribution is 2.15. The first-order valence-corrected chi connectivity index (χ1v) is 31.0. The van der Waals surface area contributed by atoms with E-state index in [1.54, 1.807) is 0 Å². The van der Waals surface area contributed by atoms with Crippen LogP contribution in [0, 0.1) is 0 Å². The van der Waals surface area contributed by atoms with E-state index in [2.05, 4.69) is 160 Å². The minimum atomic E-state index is -1.53. The van der Waals surface area contributed by atoms with Crippen LogP contribution >= 0.6 is 0 Å². The van der Waals surface area contributed by atoms with Crippen LogP contribution in [0.25, 0.3) is 0 Å². The summed E-state index contributed by atoms with van der Waals surface area (Å²) in [6, 6.07) is 0. The van der Waals surface area contributed by atoms with Crippen molar-refractivity contribution in [2.75, 3.05) is 47.5 Å². The maximum Gasteiger partial charge on any atom is 0.361 e. The summed E-state index contributed by atoms with van der Waals surface area (Å²) >= 11 is 0. The summed E-state index contributed by atoms with van der Waals surface area (Å²) < 4.78 is 22.9. The van der Waals surface area contributed by atoms with Gasteiger partial charge in [0.25, 0.3) is 6.29 Å². The first-order valence-electron chi connectivity index (χ1n) is 31.0. The van der Waals surface area contributed by atoms with Crippen LogP contribution in [-0.2, 0) is 33.3 Å². The lowest BCUT2D eigenvalue weighted by molar-refractivity contribution is -0.870. The van der Waals surface area contributed by atoms with E-state index in [1.165, 1.54) is 70.6 Å². The Morgan fingerprint density at radius 2 is 0.684 bits per heavy atom. The van der Waals surface area contributed by atoms with Crippen molar-refractivity contribution in [2.45, 2.75) is 232 Å². The molecule has 9 heteroatoms. The van der Waals surface area contributed by atoms with Gasteiger partial charge in [-0.25, -0.2) is 4.79 Å². The zero-order valence-electron chi connectivity index (χ0n) is 50.7. The quantitative estimate of drug-likeness (QED) is 0.0211. The summed E-state index contributed by atoms with van der Waals surface area (Å²) in [6.07, 6.45) is 83.6. The number of nitrogens with zero attached hydrogens (tertiary/aromatic N) is 1. The molecule has 0 spiro atoms. The second-order valence-electron chi connectivity index (χ2n) is 21.2. The van der Waals surface area contributed by atoms with Crippen LogP contribution in [0.1, 0.15) is 219 Å². The Labute approximate surface area is 483 Å². The standard InChI is InChI=1S/C70H113NO8/c1-6-8-10-12-14-16-18-20-22-24-26-28-30-32-33-34-35-37-38-40-42-44-46-48-50-52-54-56-58-60-67(72)77-64-66(65-78-70(69(74)75)76-63-62-71(3,4)5)79-68(73)61-59-57-55-53-51-49-47-45-43-41-39-36-31-29-27-25-23-21-19-17-15-13-11-9-7-2/h8-11,14-17,20-23,26-29,32-33,36,39,43,45,49,51,66,70H,6-7,12-13,18-19,24-25,30-31,34-35,37-38,40-42,44,46-48,50,52-65H2,1-5H3/p+1/b10-8-,11-9-,16-14-,17-15-,22-20-,23-21-,28-26-,29-27-,33-32-,39-36-,45-43-,51-49-. The molecule has 2 atom stereocenters. The molecule has 0 aromatic heterocycles. The number of esters is 2. The van der Waals surface area contributed by atoms with Crippen LogP contribution in [0.3, 0.4) is 0 Å². The zero-order chi connectivity index (χ0) is 57.6. The van der Waals surface area contributed by atoms with Crippen molar-refractivity contribution in [2.24, 2.45) is 0 Å². The minimum Gasteiger partial charge on any atom is -0.477 e. The van der Waals surface area contributed by atoms with Crippen molar-refractivity contribution in [3.63, 3.8) is 0 Å². The van der Waals surface area contributed by atoms with Gasteiger partial charge in [0.15, 0.2) is 6.10 Å². The van der Waals surface area contributed by atoms with Crippen LogP contribution < -0.4 is 0 Å². The predicted octanol–water partition coefficient (Wildman–Crippen LogP) is 18.8. The van der Waals surface area contributed by atoms with Gasteiger partial charge in [-0.15, -0.1) is 0 Å². The number of carboxylic acids is 1. The number of hydrogen-bond acceptors (Lipinski definition) is 7. The molecule has 0 aliphatic heterocycles. The maximum absolute atomic E-state index is 12.9. The van der Waals surface area contributed by atoms with Crippen molar-refractivity contribution in [1.82, 2.24) is 0 Å². The number of carboxylic acid groups (broad SMARTS) is 1. The molecule has 0 saturated carbocycles. The highest BCUT2D eigenvalue weighted by Gasteiger charge is 2.25. The Morgan fingerprint density at radius 1 is 0.380 bits per heavy atom. The summed E-state index contributed by atoms with van der Waals surface area (Å²) in [6.45, 7) is 4.59. The molecule has 0 fully saturated rings. The third kappa shape index (κ3) is 60.7. The van der Waals surface area contributed by atoms with E-state index in [4.69, 9.17) is 18.9 Å². The summed E-state index contributed by atoms with van der Waals surface area (Å²) in [5.41, 5.74) is 0. The number of likely N-dealkylation sites (N-methyl/N-ethyl adjacent to an activating group) is 1. The zero-order valence-corrected chi connectivity index (χ0v) is 50.7. The molecule has 0 radical (unpaired) electrons. The van der Waals surface area contributed by atoms with Crippen LogP contribution in [0.5, 0.6) is 0 Å². The van der Waals surface area contributed by atoms with Gasteiger partial charge < -0.3 is 28.5 Å². The molecule has 446 valence electrons. The third-order valence-electron chi connectivity index (χ3n) is 12.6. The molecular weight excluding hydrogens is 983 g/mol. The highest BCUT2D eigenvalue weighted by molar-refractivity contribution is 5.71. The second kappa shape index (κ2) is 59.3. The van der Waals surface area contributed by atoms with Crippen LogP contribution in [0.2, 0.25) is 0 Å². The number of quaternary nitrogens is 1. The van der Waals surface area contributed by atoms with Crippen molar-refractivity contribution in [1.29, 1.82) is 0 Å². The van der Waals surface area contributed by atoms with E-state index in [0.717, 1.165) is 116 Å². The van der Waals surface area contributed by atoms with E-state index in [0.29, 0.717) is 17.4 Å². The first-order chi connectivity index (χ1) is 38.6. The number of unbranched alkanes of at least 4 members (excludes halogenated alkanes) is 16. The van der Waals surface area contributed by atoms with E-state index >= 15 is 0 Å². The molecule has 79 heavy (non-hydrogen) atoms. The predicted molar refractivity (Wildman–Crippen MR) is 336 cm³/mol. The SMILES string of the molecule is CC/C=C\C/C=C\C/C=C\C/C=C\C/C=C\C/C=C\C/C=C\CCCCCC(=O)OC(COC(=O)CCCCCCCCCCCCCCC/C=C\C/C=C\C/C=C\C/C=C\C/C=C\CC)COC(OCC[N+](C)(C)C)C(=O)O. The van der Waals surface area contributed by atoms with Crippen molar-refractivity contribution in [3.05, 3.63) is 146 Å². The van der Waals surface area contributed by atoms with Crippen LogP contribution in [0.15, 0.2) is 146 Å². The molecule has 1 N–H and O–H groups in total. The lowest BCUT2D eigenvalue weighted by atomic mass is 10.0. The van der Waals surface area contributed by atoms with Gasteiger partial charge in [-0.1, -0.05) is 237 Å². The fourth-order valence-corrected chi connectivity index (χ4v) is 7.90. The molecule has 0 heterocycles. The van der Waals surface area contributed by atoms with Gasteiger partial charge in [0.1, 0.15) is 13.2 Å². The Bertz CT molecular complexity index is 1800. The average Bonchev–Trinajstić information content (AvgIpc) is 3.42. The number of ether oxygens (including phenoxy) is 4. The number of carbonyl (C=O) groups is 3. The molecule has 0 rings (SSSR count). The molecule has 9 nitrogen and oxygen atoms in total. The topological polar surface area (TPSA) is 108 Å². The van der Waals surface area contributed by atoms with Gasteiger partial charge in [-0.3, -0.25) is 9.59 Å². The number of rotatable bonds is 55. The monoisotopic (exact) mass is 1100 g/mol. The Kier molecular flexibility index (Phi) is 55.7. The maximum atomic E-state index is 12.9. The Hall–Kier alpha value is -4.83. The van der Waals surface area contributed by atoms with E-state index in [9.17, 15) is 19.5 Å². The summed E-state index contributed by atoms with van der Waals surface area (Å²) in [5.74, 6) is -2.07. The Morgan fingerprint density at radius 3 is 1.03 bits per heavy atom. The van der Waals surface area contributed by atoms with E-state index < -0.39 is 24.3 Å². The lowest BCUT2D eigenvalue weighted by Crippen LogP contribution is -2.40. The average molecular weight is 1100 g/mol. The molecule has 0 aliphatic rings. The van der Waals surface area contributed by atoms with E-state index in [-0.39, 0.29) is 38.6 Å². The molecule has 0 saturated heterocycles. The van der Waals surface area contributed by atoms with Crippen molar-refractivity contribution in [3.8, 4) is 0 Å². The molecule has 2 unspecified atom stereocenters. The molecule has 0 bridgehead atoms. The van der Waals surface area contributed by atoms with Crippen LogP contribution in [-0.4, -0.2) is 87.4 Å². The summed E-state index contributed by atoms with van der Waals surface area (Å²) in [5, 5.41) is 9.72. The second-order valence-corrected chi connectivity index (χ2v) is 21.2. The number of aliphatic carboxylic acids is 1. The lowest BCUT2D eigenvalue weighted by Gasteiger charge is -2.25. The van der Waals surface area contributed by atoms with Gasteiger partial charge in [0.2, 0.25) is 0 Å². The number of allylic oxidation sites excluding steroid dienone is 24. The third-order valence-corrected chi connectivity index (χ3v) is 12.6. The fraction of sp³-hybridized carbons (Fsp3) is 0.614. The van der Waals surface area contributed by atoms with Gasteiger partial charge >= 0.3 is 17.9 Å². The van der Waals surface area contributed by atoms with Crippen molar-refractivity contribution < 1.29 is 42.9 Å². The number of hydrogen-bond donors (Lipinski definition) is 1. The van der Waals surface area contributed by atoms with E-state index in [1.807, 2.05) is 21.1 Å². The van der Waals surface area contributed by atoms with Gasteiger partial charge in [-0.2, -0.15) is 0 Å². The minimum absolute atomic E-state index is 0.173. The summed E-state index contributed by atoms with van der Waals surface area (Å²) in [4.78, 5) is 37.5. The largest absolute Gasteiger partial charge is 0.477 e. The number of carbonyl (C=O) groups excluding carboxylic acids is 2. The van der Waals surface area contributed by atoms with Gasteiger partial charge in [-0.05, 0) is 116 Å². The summed E-state index contributed by atoms with van der Waals surface area (Å²) in [7, 11) is 5.95. The van der Waals surface area contributed by atoms with Crippen LogP contribution in [0.4, 0.5) is 0 Å². The van der Waals surface area contributed by atoms with Gasteiger partial charge in [0.05, 0.1) is 34.4 Å². The molecular formula is C70H114NO8+. The van der Waals surface area contributed by atoms with Crippen molar-refractivity contribution >= 4 is 17.9 Å². The molecule has 0 aromatic carbocycles. The highest BCUT2D eigenvalue weighted by atomic mass is 16.7. The molecule has 0 aromatic rings. The smallest absolute Gasteiger partial charge is 0.361 e. The normalized spacial score (nSPS) is 13.8. The molecule has 0 amide bonds. The fourth-order valence-electron chi connectivity index (χ4n) is 7.90. The molecule has 0 aliphatic carbocycles. The Balaban J connectivity index is 4.29.